The monoisotopic (exact) mass is 638 g/mol. The Morgan fingerprint density at radius 3 is 0.158 bits per heavy atom. The second-order valence-corrected chi connectivity index (χ2v) is 0. The molecule has 19 heteroatoms. The first-order valence-corrected chi connectivity index (χ1v) is 0. The van der Waals surface area contributed by atoms with Gasteiger partial charge in [0, 0.05) is 84.3 Å². The van der Waals surface area contributed by atoms with Crippen LogP contribution >= 0.6 is 0 Å². The fraction of sp³-hybridized carbons (Fsp3) is 0. The Labute approximate surface area is 165 Å². The third-order valence-electron chi connectivity index (χ3n) is 0. The molecule has 0 aromatic carbocycles. The number of hydrogen-bond acceptors (Lipinski definition) is 6. The summed E-state index contributed by atoms with van der Waals surface area (Å²) in [6, 6.07) is 0. The maximum Gasteiger partial charge on any atom is 0 e. The van der Waals surface area contributed by atoms with Crippen LogP contribution in [0.2, 0.25) is 0 Å². The molecule has 0 atom stereocenters. The van der Waals surface area contributed by atoms with Crippen LogP contribution in [0.3, 0.4) is 0 Å². The van der Waals surface area contributed by atoms with Crippen LogP contribution in [0, 0.1) is 0 Å². The zero-order valence-corrected chi connectivity index (χ0v) is 16.0. The molecule has 0 saturated carbocycles. The molecule has 0 bridgehead atoms. The van der Waals surface area contributed by atoms with Gasteiger partial charge in [0.15, 0.2) is 0 Å². The van der Waals surface area contributed by atoms with E-state index in [9.17, 15) is 0 Å². The van der Waals surface area contributed by atoms with Crippen LogP contribution in [0.15, 0.2) is 0 Å². The van der Waals surface area contributed by atoms with Crippen molar-refractivity contribution < 1.29 is 166 Å². The molecule has 0 spiro atoms. The third kappa shape index (κ3) is 1430. The van der Waals surface area contributed by atoms with E-state index in [1.807, 2.05) is 0 Å². The van der Waals surface area contributed by atoms with Crippen molar-refractivity contribution >= 4 is 0 Å². The molecule has 6 N–H and O–H groups in total. The Kier molecular flexibility index (Phi) is 156000. The first kappa shape index (κ1) is 1850. The van der Waals surface area contributed by atoms with Crippen molar-refractivity contribution in [2.45, 2.75) is 0 Å². The van der Waals surface area contributed by atoms with Crippen LogP contribution in [0.1, 0.15) is 0 Å². The minimum absolute atomic E-state index is 0. The fourth-order valence-electron chi connectivity index (χ4n) is 0. The molecule has 0 amide bonds. The summed E-state index contributed by atoms with van der Waals surface area (Å²) in [5.41, 5.74) is 0. The molecule has 0 aliphatic rings. The van der Waals surface area contributed by atoms with Gasteiger partial charge in [0.2, 0.25) is 0 Å². The van der Waals surface area contributed by atoms with Gasteiger partial charge in [-0.2, -0.15) is 0 Å². The smallest absolute Gasteiger partial charge is 0 e. The zero-order chi connectivity index (χ0) is 0. The largest absolute Gasteiger partial charge is 2.00 e. The predicted molar refractivity (Wildman–Crippen MR) is 17.8 cm³/mol. The average molecular weight is 630 g/mol. The molecule has 0 aliphatic heterocycles. The molecule has 0 unspecified atom stereocenters. The summed E-state index contributed by atoms with van der Waals surface area (Å²) in [7, 11) is 0. The van der Waals surface area contributed by atoms with Crippen LogP contribution < -0.4 is 0 Å². The summed E-state index contributed by atoms with van der Waals surface area (Å²) < 4.78 is 0. The van der Waals surface area contributed by atoms with Gasteiger partial charge in [0.05, 0.1) is 0 Å². The van der Waals surface area contributed by atoms with Crippen molar-refractivity contribution in [3.8, 4) is 0 Å². The molecule has 0 heterocycles. The van der Waals surface area contributed by atoms with Gasteiger partial charge in [-0.15, -0.1) is 0 Å². The molecule has 144 valence electrons. The van der Waals surface area contributed by atoms with Crippen molar-refractivity contribution in [2.24, 2.45) is 0 Å². The molecule has 15 nitrogen and oxygen atoms in total. The van der Waals surface area contributed by atoms with Crippen LogP contribution in [0.5, 0.6) is 0 Å². The predicted octanol–water partition coefficient (Wildman–Crippen LogP) is -2.14. The minimum Gasteiger partial charge on any atom is -2.00 e. The average Bonchev–Trinajstić information content (AvgIpc) is 0. The van der Waals surface area contributed by atoms with Crippen LogP contribution in [0.4, 0.5) is 0 Å². The first-order chi connectivity index (χ1) is 0. The Morgan fingerprint density at radius 2 is 0.158 bits per heavy atom. The Morgan fingerprint density at radius 1 is 0.158 bits per heavy atom. The van der Waals surface area contributed by atoms with Crippen molar-refractivity contribution in [3.05, 3.63) is 0 Å². The van der Waals surface area contributed by atoms with E-state index in [-0.39, 0.29) is 166 Å². The second kappa shape index (κ2) is 1590. The van der Waals surface area contributed by atoms with Gasteiger partial charge < -0.3 is 82.1 Å². The molecule has 19 heavy (non-hydrogen) atoms. The van der Waals surface area contributed by atoms with Crippen molar-refractivity contribution in [3.63, 3.8) is 0 Å². The number of rotatable bonds is 0. The summed E-state index contributed by atoms with van der Waals surface area (Å²) in [4.78, 5) is 0. The van der Waals surface area contributed by atoms with Crippen molar-refractivity contribution in [1.29, 1.82) is 0 Å². The molecular formula is H6Mo4O15-24. The van der Waals surface area contributed by atoms with Gasteiger partial charge in [0.25, 0.3) is 0 Å². The molecule has 0 aromatic heterocycles. The number of hydrogen-bond donors (Lipinski definition) is 0. The third-order valence-corrected chi connectivity index (χ3v) is 0. The Balaban J connectivity index is 0. The van der Waals surface area contributed by atoms with Crippen LogP contribution in [0.25, 0.3) is 0 Å². The Bertz CT molecular complexity index is 14.1. The molecular weight excluding hydrogens is 624 g/mol. The summed E-state index contributed by atoms with van der Waals surface area (Å²) in [6.45, 7) is 0. The maximum absolute atomic E-state index is 0. The van der Waals surface area contributed by atoms with Crippen molar-refractivity contribution in [1.82, 2.24) is 0 Å². The zero-order valence-electron chi connectivity index (χ0n) is 7.99. The summed E-state index contributed by atoms with van der Waals surface area (Å²) in [5.74, 6) is 0. The van der Waals surface area contributed by atoms with E-state index < -0.39 is 0 Å². The van der Waals surface area contributed by atoms with E-state index in [0.29, 0.717) is 0 Å². The quantitative estimate of drug-likeness (QED) is 0.269. The van der Waals surface area contributed by atoms with E-state index in [0.717, 1.165) is 0 Å². The van der Waals surface area contributed by atoms with Gasteiger partial charge >= 0.3 is 0 Å². The molecule has 0 radical (unpaired) electrons. The molecule has 0 aliphatic carbocycles. The van der Waals surface area contributed by atoms with Crippen LogP contribution in [-0.4, -0.2) is 32.9 Å². The van der Waals surface area contributed by atoms with Crippen molar-refractivity contribution in [2.75, 3.05) is 0 Å². The van der Waals surface area contributed by atoms with E-state index in [4.69, 9.17) is 0 Å². The van der Waals surface area contributed by atoms with Crippen LogP contribution in [-0.2, 0) is 134 Å². The first-order valence-electron chi connectivity index (χ1n) is 0. The van der Waals surface area contributed by atoms with E-state index >= 15 is 0 Å². The molecule has 0 saturated heterocycles. The second-order valence-electron chi connectivity index (χ2n) is 0. The Hall–Kier alpha value is 2.15. The fourth-order valence-corrected chi connectivity index (χ4v) is 0. The van der Waals surface area contributed by atoms with Gasteiger partial charge in [-0.25, -0.2) is 0 Å². The molecule has 0 aromatic rings. The standard InChI is InChI=1S/4Mo.6H2O.9O/h;;;;6*1H2;;;;;;;;;/q;;;;;;;;;;9*-2/p-6. The maximum atomic E-state index is 0. The summed E-state index contributed by atoms with van der Waals surface area (Å²) in [6.07, 6.45) is 0. The molecule has 0 rings (SSSR count). The molecule has 0 fully saturated rings. The SMILES string of the molecule is [Mo].[Mo].[Mo].[Mo].[O-2].[O-2].[O-2].[O-2].[O-2].[O-2].[O-2].[O-2].[O-2].[OH-].[OH-].[OH-].[OH-].[OH-].[OH-]. The normalized spacial score (nSPS) is 0. The van der Waals surface area contributed by atoms with E-state index in [1.165, 1.54) is 0 Å². The van der Waals surface area contributed by atoms with E-state index in [2.05, 4.69) is 0 Å². The summed E-state index contributed by atoms with van der Waals surface area (Å²) in [5, 5.41) is 0. The summed E-state index contributed by atoms with van der Waals surface area (Å²) >= 11 is 0. The topological polar surface area (TPSA) is 436 Å². The van der Waals surface area contributed by atoms with E-state index in [1.54, 1.807) is 0 Å². The van der Waals surface area contributed by atoms with Gasteiger partial charge in [-0.05, 0) is 0 Å². The van der Waals surface area contributed by atoms with Gasteiger partial charge in [-0.1, -0.05) is 0 Å². The van der Waals surface area contributed by atoms with Gasteiger partial charge in [0.1, 0.15) is 0 Å². The van der Waals surface area contributed by atoms with Gasteiger partial charge in [-0.3, -0.25) is 0 Å². The minimum atomic E-state index is 0.